The molecule has 3 N–H and O–H groups in total. The van der Waals surface area contributed by atoms with E-state index in [1.807, 2.05) is 24.3 Å². The average molecular weight is 291 g/mol. The first-order valence-electron chi connectivity index (χ1n) is 7.42. The summed E-state index contributed by atoms with van der Waals surface area (Å²) in [6.45, 7) is 1.11. The highest BCUT2D eigenvalue weighted by atomic mass is 16.5. The topological polar surface area (TPSA) is 67.6 Å². The van der Waals surface area contributed by atoms with E-state index in [9.17, 15) is 4.79 Å². The van der Waals surface area contributed by atoms with Gasteiger partial charge in [-0.2, -0.15) is 0 Å². The highest BCUT2D eigenvalue weighted by Gasteiger charge is 2.39. The molecule has 2 rings (SSSR count). The minimum absolute atomic E-state index is 0.0283. The second-order valence-corrected chi connectivity index (χ2v) is 5.85. The molecule has 21 heavy (non-hydrogen) atoms. The normalized spacial score (nSPS) is 16.4. The maximum atomic E-state index is 11.9. The van der Waals surface area contributed by atoms with Gasteiger partial charge >= 0.3 is 0 Å². The van der Waals surface area contributed by atoms with Crippen LogP contribution in [0.5, 0.6) is 5.75 Å². The number of hydrogen-bond donors (Lipinski definition) is 2. The Balaban J connectivity index is 1.80. The molecule has 0 bridgehead atoms. The van der Waals surface area contributed by atoms with Gasteiger partial charge in [0.15, 0.2) is 6.61 Å². The van der Waals surface area contributed by atoms with Gasteiger partial charge in [-0.15, -0.1) is 0 Å². The van der Waals surface area contributed by atoms with Crippen molar-refractivity contribution < 1.29 is 9.53 Å². The first kappa shape index (κ1) is 15.8. The average Bonchev–Trinajstić information content (AvgIpc) is 2.43. The van der Waals surface area contributed by atoms with E-state index in [2.05, 4.69) is 24.3 Å². The van der Waals surface area contributed by atoms with Crippen molar-refractivity contribution in [3.63, 3.8) is 0 Å². The first-order chi connectivity index (χ1) is 10.1. The summed E-state index contributed by atoms with van der Waals surface area (Å²) in [7, 11) is 4.14. The number of carbonyl (C=O) groups excluding carboxylic acids is 1. The molecular formula is C16H25N3O2. The van der Waals surface area contributed by atoms with Gasteiger partial charge in [-0.3, -0.25) is 4.79 Å². The Hall–Kier alpha value is -1.59. The molecular weight excluding hydrogens is 266 g/mol. The van der Waals surface area contributed by atoms with Crippen LogP contribution >= 0.6 is 0 Å². The fourth-order valence-electron chi connectivity index (χ4n) is 2.64. The predicted molar refractivity (Wildman–Crippen MR) is 83.1 cm³/mol. The number of rotatable bonds is 7. The number of nitrogens with one attached hydrogen (secondary N) is 1. The zero-order valence-electron chi connectivity index (χ0n) is 12.9. The molecule has 0 aromatic heterocycles. The summed E-state index contributed by atoms with van der Waals surface area (Å²) in [5.74, 6) is 0.594. The van der Waals surface area contributed by atoms with E-state index in [0.717, 1.165) is 18.4 Å². The number of carbonyl (C=O) groups is 1. The van der Waals surface area contributed by atoms with E-state index in [0.29, 0.717) is 18.8 Å². The largest absolute Gasteiger partial charge is 0.483 e. The van der Waals surface area contributed by atoms with Crippen molar-refractivity contribution in [1.82, 2.24) is 10.2 Å². The standard InChI is InChI=1S/C16H25N3O2/c1-19(2)16(8-5-9-16)12-18-15(20)11-21-14-7-4-3-6-13(14)10-17/h3-4,6-7H,5,8-12,17H2,1-2H3,(H,18,20). The van der Waals surface area contributed by atoms with Gasteiger partial charge in [0.1, 0.15) is 5.75 Å². The van der Waals surface area contributed by atoms with E-state index < -0.39 is 0 Å². The molecule has 0 heterocycles. The van der Waals surface area contributed by atoms with E-state index in [1.54, 1.807) is 0 Å². The number of nitrogens with two attached hydrogens (primary N) is 1. The zero-order valence-corrected chi connectivity index (χ0v) is 12.9. The number of hydrogen-bond acceptors (Lipinski definition) is 4. The molecule has 0 aliphatic heterocycles. The minimum atomic E-state index is -0.0880. The number of likely N-dealkylation sites (N-methyl/N-ethyl adjacent to an activating group) is 1. The van der Waals surface area contributed by atoms with E-state index in [-0.39, 0.29) is 18.1 Å². The molecule has 1 aromatic carbocycles. The molecule has 1 amide bonds. The number of nitrogens with zero attached hydrogens (tertiary/aromatic N) is 1. The van der Waals surface area contributed by atoms with Gasteiger partial charge in [-0.05, 0) is 39.4 Å². The lowest BCUT2D eigenvalue weighted by atomic mass is 9.75. The van der Waals surface area contributed by atoms with Crippen LogP contribution in [0.2, 0.25) is 0 Å². The quantitative estimate of drug-likeness (QED) is 0.790. The molecule has 0 spiro atoms. The summed E-state index contributed by atoms with van der Waals surface area (Å²) in [5.41, 5.74) is 6.69. The van der Waals surface area contributed by atoms with Crippen LogP contribution in [0.4, 0.5) is 0 Å². The minimum Gasteiger partial charge on any atom is -0.483 e. The van der Waals surface area contributed by atoms with Crippen LogP contribution in [-0.4, -0.2) is 43.6 Å². The molecule has 1 aliphatic carbocycles. The van der Waals surface area contributed by atoms with Gasteiger partial charge in [0.05, 0.1) is 0 Å². The number of para-hydroxylation sites is 1. The summed E-state index contributed by atoms with van der Waals surface area (Å²) in [5, 5.41) is 2.98. The van der Waals surface area contributed by atoms with Crippen molar-refractivity contribution in [2.75, 3.05) is 27.2 Å². The first-order valence-corrected chi connectivity index (χ1v) is 7.42. The lowest BCUT2D eigenvalue weighted by molar-refractivity contribution is -0.124. The van der Waals surface area contributed by atoms with Crippen LogP contribution in [0, 0.1) is 0 Å². The summed E-state index contributed by atoms with van der Waals surface area (Å²) >= 11 is 0. The van der Waals surface area contributed by atoms with Crippen LogP contribution in [0.3, 0.4) is 0 Å². The molecule has 116 valence electrons. The van der Waals surface area contributed by atoms with Gasteiger partial charge in [-0.25, -0.2) is 0 Å². The fourth-order valence-corrected chi connectivity index (χ4v) is 2.64. The summed E-state index contributed by atoms with van der Waals surface area (Å²) in [6.07, 6.45) is 3.50. The van der Waals surface area contributed by atoms with Gasteiger partial charge < -0.3 is 20.7 Å². The Labute approximate surface area is 126 Å². The van der Waals surface area contributed by atoms with Crippen LogP contribution in [0.15, 0.2) is 24.3 Å². The molecule has 1 aliphatic rings. The fraction of sp³-hybridized carbons (Fsp3) is 0.562. The van der Waals surface area contributed by atoms with Crippen molar-refractivity contribution in [3.8, 4) is 5.75 Å². The molecule has 0 radical (unpaired) electrons. The van der Waals surface area contributed by atoms with Gasteiger partial charge in [0.25, 0.3) is 5.91 Å². The molecule has 1 aromatic rings. The summed E-state index contributed by atoms with van der Waals surface area (Å²) < 4.78 is 5.56. The third-order valence-electron chi connectivity index (χ3n) is 4.40. The van der Waals surface area contributed by atoms with Crippen molar-refractivity contribution >= 4 is 5.91 Å². The summed E-state index contributed by atoms with van der Waals surface area (Å²) in [4.78, 5) is 14.1. The molecule has 5 heteroatoms. The van der Waals surface area contributed by atoms with Crippen LogP contribution < -0.4 is 15.8 Å². The SMILES string of the molecule is CN(C)C1(CNC(=O)COc2ccccc2CN)CCC1. The van der Waals surface area contributed by atoms with Crippen LogP contribution in [-0.2, 0) is 11.3 Å². The Bertz CT molecular complexity index is 484. The molecule has 5 nitrogen and oxygen atoms in total. The highest BCUT2D eigenvalue weighted by Crippen LogP contribution is 2.35. The highest BCUT2D eigenvalue weighted by molar-refractivity contribution is 5.77. The Morgan fingerprint density at radius 1 is 1.38 bits per heavy atom. The maximum absolute atomic E-state index is 11.9. The molecule has 1 fully saturated rings. The second kappa shape index (κ2) is 6.91. The van der Waals surface area contributed by atoms with Crippen molar-refractivity contribution in [2.24, 2.45) is 5.73 Å². The van der Waals surface area contributed by atoms with E-state index >= 15 is 0 Å². The van der Waals surface area contributed by atoms with Crippen molar-refractivity contribution in [3.05, 3.63) is 29.8 Å². The van der Waals surface area contributed by atoms with Crippen LogP contribution in [0.25, 0.3) is 0 Å². The zero-order chi connectivity index (χ0) is 15.3. The molecule has 0 atom stereocenters. The predicted octanol–water partition coefficient (Wildman–Crippen LogP) is 1.12. The lowest BCUT2D eigenvalue weighted by Crippen LogP contribution is -2.57. The van der Waals surface area contributed by atoms with Crippen molar-refractivity contribution in [1.29, 1.82) is 0 Å². The Morgan fingerprint density at radius 3 is 2.67 bits per heavy atom. The third kappa shape index (κ3) is 3.74. The second-order valence-electron chi connectivity index (χ2n) is 5.85. The maximum Gasteiger partial charge on any atom is 0.258 e. The molecule has 0 saturated heterocycles. The number of benzene rings is 1. The lowest BCUT2D eigenvalue weighted by Gasteiger charge is -2.47. The number of ether oxygens (including phenoxy) is 1. The summed E-state index contributed by atoms with van der Waals surface area (Å²) in [6, 6.07) is 7.53. The van der Waals surface area contributed by atoms with E-state index in [1.165, 1.54) is 6.42 Å². The monoisotopic (exact) mass is 291 g/mol. The molecule has 0 unspecified atom stereocenters. The van der Waals surface area contributed by atoms with Crippen LogP contribution in [0.1, 0.15) is 24.8 Å². The van der Waals surface area contributed by atoms with E-state index in [4.69, 9.17) is 10.5 Å². The van der Waals surface area contributed by atoms with Crippen molar-refractivity contribution in [2.45, 2.75) is 31.3 Å². The van der Waals surface area contributed by atoms with Gasteiger partial charge in [0.2, 0.25) is 0 Å². The third-order valence-corrected chi connectivity index (χ3v) is 4.40. The number of amides is 1. The molecule has 1 saturated carbocycles. The van der Waals surface area contributed by atoms with Gasteiger partial charge in [0, 0.05) is 24.2 Å². The van der Waals surface area contributed by atoms with Gasteiger partial charge in [-0.1, -0.05) is 18.2 Å². The Kier molecular flexibility index (Phi) is 5.20. The smallest absolute Gasteiger partial charge is 0.258 e. The Morgan fingerprint density at radius 2 is 2.10 bits per heavy atom.